The summed E-state index contributed by atoms with van der Waals surface area (Å²) in [6.07, 6.45) is 1.05. The van der Waals surface area contributed by atoms with Gasteiger partial charge in [0.25, 0.3) is 0 Å². The zero-order chi connectivity index (χ0) is 19.3. The molecule has 2 aromatic rings. The third-order valence-corrected chi connectivity index (χ3v) is 4.79. The summed E-state index contributed by atoms with van der Waals surface area (Å²) in [4.78, 5) is 12.4. The van der Waals surface area contributed by atoms with Gasteiger partial charge in [0.05, 0.1) is 26.2 Å². The molecule has 0 spiro atoms. The number of sulfonamides is 1. The number of carbonyl (C=O) groups excluding carboxylic acids is 1. The van der Waals surface area contributed by atoms with Gasteiger partial charge in [0.15, 0.2) is 0 Å². The van der Waals surface area contributed by atoms with E-state index < -0.39 is 15.9 Å². The van der Waals surface area contributed by atoms with Crippen LogP contribution in [0.5, 0.6) is 11.5 Å². The molecule has 0 atom stereocenters. The molecule has 26 heavy (non-hydrogen) atoms. The number of hydrogen-bond donors (Lipinski definition) is 1. The van der Waals surface area contributed by atoms with E-state index in [0.717, 1.165) is 16.1 Å². The standard InChI is InChI=1S/C18H22N2O5S/c1-13-5-10-17(25-3)16(11-13)20(26(4,22)23)12-18(21)19-14-6-8-15(24-2)9-7-14/h5-11H,12H2,1-4H3,(H,19,21). The zero-order valence-corrected chi connectivity index (χ0v) is 16.0. The van der Waals surface area contributed by atoms with Gasteiger partial charge in [-0.15, -0.1) is 0 Å². The van der Waals surface area contributed by atoms with Crippen molar-refractivity contribution in [3.8, 4) is 11.5 Å². The number of benzene rings is 2. The summed E-state index contributed by atoms with van der Waals surface area (Å²) in [5.74, 6) is 0.563. The molecule has 0 saturated carbocycles. The second-order valence-corrected chi connectivity index (χ2v) is 7.63. The van der Waals surface area contributed by atoms with Crippen LogP contribution in [0.2, 0.25) is 0 Å². The van der Waals surface area contributed by atoms with E-state index in [-0.39, 0.29) is 6.54 Å². The molecule has 0 heterocycles. The van der Waals surface area contributed by atoms with Crippen molar-refractivity contribution in [1.29, 1.82) is 0 Å². The predicted molar refractivity (Wildman–Crippen MR) is 102 cm³/mol. The second-order valence-electron chi connectivity index (χ2n) is 5.72. The predicted octanol–water partition coefficient (Wildman–Crippen LogP) is 2.42. The Balaban J connectivity index is 2.26. The number of methoxy groups -OCH3 is 2. The van der Waals surface area contributed by atoms with Gasteiger partial charge < -0.3 is 14.8 Å². The molecule has 0 aliphatic rings. The molecule has 2 rings (SSSR count). The number of rotatable bonds is 7. The van der Waals surface area contributed by atoms with E-state index >= 15 is 0 Å². The van der Waals surface area contributed by atoms with Crippen LogP contribution in [0.25, 0.3) is 0 Å². The van der Waals surface area contributed by atoms with Crippen LogP contribution in [0, 0.1) is 6.92 Å². The van der Waals surface area contributed by atoms with Gasteiger partial charge in [-0.25, -0.2) is 8.42 Å². The smallest absolute Gasteiger partial charge is 0.245 e. The van der Waals surface area contributed by atoms with Crippen molar-refractivity contribution in [2.45, 2.75) is 6.92 Å². The first-order valence-corrected chi connectivity index (χ1v) is 9.65. The Morgan fingerprint density at radius 3 is 2.27 bits per heavy atom. The highest BCUT2D eigenvalue weighted by molar-refractivity contribution is 7.92. The summed E-state index contributed by atoms with van der Waals surface area (Å²) < 4.78 is 35.9. The van der Waals surface area contributed by atoms with E-state index in [0.29, 0.717) is 22.9 Å². The fraction of sp³-hybridized carbons (Fsp3) is 0.278. The number of anilines is 2. The van der Waals surface area contributed by atoms with Crippen LogP contribution in [0.1, 0.15) is 5.56 Å². The summed E-state index contributed by atoms with van der Waals surface area (Å²) in [7, 11) is -0.694. The zero-order valence-electron chi connectivity index (χ0n) is 15.1. The van der Waals surface area contributed by atoms with Crippen LogP contribution < -0.4 is 19.1 Å². The number of nitrogens with one attached hydrogen (secondary N) is 1. The Bertz CT molecular complexity index is 879. The molecular weight excluding hydrogens is 356 g/mol. The van der Waals surface area contributed by atoms with Gasteiger partial charge in [0.1, 0.15) is 18.0 Å². The van der Waals surface area contributed by atoms with Gasteiger partial charge >= 0.3 is 0 Å². The van der Waals surface area contributed by atoms with Crippen LogP contribution in [0.15, 0.2) is 42.5 Å². The number of aryl methyl sites for hydroxylation is 1. The van der Waals surface area contributed by atoms with Crippen LogP contribution in [0.4, 0.5) is 11.4 Å². The highest BCUT2D eigenvalue weighted by Gasteiger charge is 2.24. The van der Waals surface area contributed by atoms with Crippen LogP contribution >= 0.6 is 0 Å². The minimum Gasteiger partial charge on any atom is -0.497 e. The second kappa shape index (κ2) is 8.09. The van der Waals surface area contributed by atoms with Crippen molar-refractivity contribution in [2.75, 3.05) is 36.6 Å². The number of ether oxygens (including phenoxy) is 2. The van der Waals surface area contributed by atoms with E-state index in [2.05, 4.69) is 5.32 Å². The molecule has 0 unspecified atom stereocenters. The molecule has 7 nitrogen and oxygen atoms in total. The third-order valence-electron chi connectivity index (χ3n) is 3.66. The Morgan fingerprint density at radius 2 is 1.73 bits per heavy atom. The van der Waals surface area contributed by atoms with Crippen molar-refractivity contribution in [3.63, 3.8) is 0 Å². The fourth-order valence-corrected chi connectivity index (χ4v) is 3.23. The van der Waals surface area contributed by atoms with E-state index in [1.165, 1.54) is 7.11 Å². The van der Waals surface area contributed by atoms with Crippen molar-refractivity contribution >= 4 is 27.3 Å². The van der Waals surface area contributed by atoms with Gasteiger partial charge in [0.2, 0.25) is 15.9 Å². The summed E-state index contributed by atoms with van der Waals surface area (Å²) in [6.45, 7) is 1.46. The number of amides is 1. The Morgan fingerprint density at radius 1 is 1.08 bits per heavy atom. The third kappa shape index (κ3) is 4.89. The largest absolute Gasteiger partial charge is 0.497 e. The lowest BCUT2D eigenvalue weighted by molar-refractivity contribution is -0.114. The monoisotopic (exact) mass is 378 g/mol. The first kappa shape index (κ1) is 19.6. The highest BCUT2D eigenvalue weighted by atomic mass is 32.2. The summed E-state index contributed by atoms with van der Waals surface area (Å²) in [5.41, 5.74) is 1.71. The molecule has 0 aliphatic carbocycles. The molecular formula is C18H22N2O5S. The van der Waals surface area contributed by atoms with E-state index in [1.807, 2.05) is 6.92 Å². The average molecular weight is 378 g/mol. The molecule has 1 N–H and O–H groups in total. The molecule has 1 amide bonds. The average Bonchev–Trinajstić information content (AvgIpc) is 2.59. The van der Waals surface area contributed by atoms with E-state index in [1.54, 1.807) is 49.6 Å². The van der Waals surface area contributed by atoms with Crippen molar-refractivity contribution in [2.24, 2.45) is 0 Å². The van der Waals surface area contributed by atoms with Crippen LogP contribution in [-0.4, -0.2) is 41.3 Å². The Kier molecular flexibility index (Phi) is 6.10. The van der Waals surface area contributed by atoms with Crippen molar-refractivity contribution in [3.05, 3.63) is 48.0 Å². The molecule has 2 aromatic carbocycles. The fourth-order valence-electron chi connectivity index (χ4n) is 2.38. The quantitative estimate of drug-likeness (QED) is 0.800. The molecule has 140 valence electrons. The first-order chi connectivity index (χ1) is 12.2. The van der Waals surface area contributed by atoms with Gasteiger partial charge in [-0.05, 0) is 48.9 Å². The molecule has 0 bridgehead atoms. The summed E-state index contributed by atoms with van der Waals surface area (Å²) >= 11 is 0. The number of carbonyl (C=O) groups is 1. The topological polar surface area (TPSA) is 84.9 Å². The molecule has 0 aliphatic heterocycles. The molecule has 8 heteroatoms. The maximum atomic E-state index is 12.4. The lowest BCUT2D eigenvalue weighted by Crippen LogP contribution is -2.37. The van der Waals surface area contributed by atoms with Gasteiger partial charge in [0, 0.05) is 5.69 Å². The lowest BCUT2D eigenvalue weighted by Gasteiger charge is -2.24. The molecule has 0 fully saturated rings. The van der Waals surface area contributed by atoms with Gasteiger partial charge in [-0.2, -0.15) is 0 Å². The van der Waals surface area contributed by atoms with Gasteiger partial charge in [-0.3, -0.25) is 9.10 Å². The molecule has 0 saturated heterocycles. The van der Waals surface area contributed by atoms with E-state index in [4.69, 9.17) is 9.47 Å². The van der Waals surface area contributed by atoms with Crippen molar-refractivity contribution < 1.29 is 22.7 Å². The molecule has 0 radical (unpaired) electrons. The Labute approximate surface area is 153 Å². The normalized spacial score (nSPS) is 10.9. The Hall–Kier alpha value is -2.74. The SMILES string of the molecule is COc1ccc(NC(=O)CN(c2cc(C)ccc2OC)S(C)(=O)=O)cc1. The summed E-state index contributed by atoms with van der Waals surface area (Å²) in [6, 6.07) is 11.9. The summed E-state index contributed by atoms with van der Waals surface area (Å²) in [5, 5.41) is 2.68. The number of hydrogen-bond acceptors (Lipinski definition) is 5. The van der Waals surface area contributed by atoms with Crippen molar-refractivity contribution in [1.82, 2.24) is 0 Å². The maximum absolute atomic E-state index is 12.4. The molecule has 0 aromatic heterocycles. The van der Waals surface area contributed by atoms with E-state index in [9.17, 15) is 13.2 Å². The highest BCUT2D eigenvalue weighted by Crippen LogP contribution is 2.31. The van der Waals surface area contributed by atoms with Crippen LogP contribution in [0.3, 0.4) is 0 Å². The minimum absolute atomic E-state index is 0.319. The van der Waals surface area contributed by atoms with Crippen LogP contribution in [-0.2, 0) is 14.8 Å². The maximum Gasteiger partial charge on any atom is 0.245 e. The number of nitrogens with zero attached hydrogens (tertiary/aromatic N) is 1. The lowest BCUT2D eigenvalue weighted by atomic mass is 10.2. The van der Waals surface area contributed by atoms with Gasteiger partial charge in [-0.1, -0.05) is 6.07 Å². The first-order valence-electron chi connectivity index (χ1n) is 7.81. The minimum atomic E-state index is -3.69.